The van der Waals surface area contributed by atoms with Crippen molar-refractivity contribution in [3.63, 3.8) is 0 Å². The van der Waals surface area contributed by atoms with Crippen LogP contribution < -0.4 is 5.32 Å². The molecule has 0 radical (unpaired) electrons. The molecule has 0 aromatic heterocycles. The molecule has 2 amide bonds. The standard InChI is InChI=1S/C18H18Cl2N2O3/c1-3-25-18(24)21-15-8-5-12(6-9-15)17(23)22(2)11-13-4-7-14(19)10-16(13)20/h4-10H,3,11H2,1-2H3,(H,21,24). The highest BCUT2D eigenvalue weighted by molar-refractivity contribution is 6.35. The first-order valence-corrected chi connectivity index (χ1v) is 8.39. The van der Waals surface area contributed by atoms with Gasteiger partial charge in [-0.25, -0.2) is 4.79 Å². The van der Waals surface area contributed by atoms with Crippen molar-refractivity contribution in [3.8, 4) is 0 Å². The quantitative estimate of drug-likeness (QED) is 0.807. The van der Waals surface area contributed by atoms with Crippen LogP contribution >= 0.6 is 23.2 Å². The van der Waals surface area contributed by atoms with E-state index in [0.717, 1.165) is 5.56 Å². The Balaban J connectivity index is 2.02. The monoisotopic (exact) mass is 380 g/mol. The Morgan fingerprint density at radius 2 is 1.80 bits per heavy atom. The van der Waals surface area contributed by atoms with Gasteiger partial charge < -0.3 is 9.64 Å². The van der Waals surface area contributed by atoms with Gasteiger partial charge in [0, 0.05) is 34.9 Å². The second-order valence-electron chi connectivity index (χ2n) is 5.32. The molecule has 2 rings (SSSR count). The summed E-state index contributed by atoms with van der Waals surface area (Å²) >= 11 is 12.0. The maximum Gasteiger partial charge on any atom is 0.411 e. The van der Waals surface area contributed by atoms with Gasteiger partial charge in [0.1, 0.15) is 0 Å². The Morgan fingerprint density at radius 3 is 2.40 bits per heavy atom. The van der Waals surface area contributed by atoms with E-state index in [0.29, 0.717) is 34.4 Å². The molecule has 0 aliphatic carbocycles. The molecule has 25 heavy (non-hydrogen) atoms. The second kappa shape index (κ2) is 8.74. The molecule has 0 aliphatic heterocycles. The van der Waals surface area contributed by atoms with Crippen molar-refractivity contribution in [2.24, 2.45) is 0 Å². The summed E-state index contributed by atoms with van der Waals surface area (Å²) in [6.07, 6.45) is -0.531. The number of hydrogen-bond acceptors (Lipinski definition) is 3. The summed E-state index contributed by atoms with van der Waals surface area (Å²) < 4.78 is 4.80. The smallest absolute Gasteiger partial charge is 0.411 e. The molecule has 0 aliphatic rings. The summed E-state index contributed by atoms with van der Waals surface area (Å²) in [7, 11) is 1.69. The summed E-state index contributed by atoms with van der Waals surface area (Å²) in [6.45, 7) is 2.38. The number of carbonyl (C=O) groups excluding carboxylic acids is 2. The van der Waals surface area contributed by atoms with E-state index >= 15 is 0 Å². The number of hydrogen-bond donors (Lipinski definition) is 1. The molecule has 0 fully saturated rings. The molecule has 5 nitrogen and oxygen atoms in total. The average molecular weight is 381 g/mol. The molecule has 0 saturated heterocycles. The van der Waals surface area contributed by atoms with Crippen LogP contribution in [0.4, 0.5) is 10.5 Å². The van der Waals surface area contributed by atoms with Gasteiger partial charge in [0.15, 0.2) is 0 Å². The van der Waals surface area contributed by atoms with Gasteiger partial charge in [-0.05, 0) is 48.9 Å². The van der Waals surface area contributed by atoms with E-state index in [9.17, 15) is 9.59 Å². The summed E-state index contributed by atoms with van der Waals surface area (Å²) in [5.41, 5.74) is 1.86. The largest absolute Gasteiger partial charge is 0.450 e. The molecule has 0 heterocycles. The van der Waals surface area contributed by atoms with Crippen LogP contribution in [0.25, 0.3) is 0 Å². The third kappa shape index (κ3) is 5.37. The van der Waals surface area contributed by atoms with E-state index < -0.39 is 6.09 Å². The van der Waals surface area contributed by atoms with Crippen LogP contribution in [0.1, 0.15) is 22.8 Å². The van der Waals surface area contributed by atoms with E-state index in [1.54, 1.807) is 61.3 Å². The number of benzene rings is 2. The highest BCUT2D eigenvalue weighted by Crippen LogP contribution is 2.22. The Kier molecular flexibility index (Phi) is 6.67. The van der Waals surface area contributed by atoms with Gasteiger partial charge in [0.25, 0.3) is 5.91 Å². The van der Waals surface area contributed by atoms with Crippen molar-refractivity contribution >= 4 is 40.9 Å². The number of nitrogens with zero attached hydrogens (tertiary/aromatic N) is 1. The van der Waals surface area contributed by atoms with E-state index in [1.165, 1.54) is 0 Å². The lowest BCUT2D eigenvalue weighted by atomic mass is 10.1. The van der Waals surface area contributed by atoms with Gasteiger partial charge in [-0.2, -0.15) is 0 Å². The lowest BCUT2D eigenvalue weighted by Gasteiger charge is -2.18. The van der Waals surface area contributed by atoms with E-state index in [-0.39, 0.29) is 5.91 Å². The third-order valence-electron chi connectivity index (χ3n) is 3.42. The fourth-order valence-electron chi connectivity index (χ4n) is 2.18. The fourth-order valence-corrected chi connectivity index (χ4v) is 2.65. The first-order chi connectivity index (χ1) is 11.9. The zero-order chi connectivity index (χ0) is 18.4. The Bertz CT molecular complexity index is 763. The topological polar surface area (TPSA) is 58.6 Å². The highest BCUT2D eigenvalue weighted by atomic mass is 35.5. The number of nitrogens with one attached hydrogen (secondary N) is 1. The molecule has 0 bridgehead atoms. The van der Waals surface area contributed by atoms with Gasteiger partial charge >= 0.3 is 6.09 Å². The van der Waals surface area contributed by atoms with E-state index in [1.807, 2.05) is 0 Å². The summed E-state index contributed by atoms with van der Waals surface area (Å²) in [5, 5.41) is 3.64. The molecule has 2 aromatic rings. The molecule has 0 atom stereocenters. The first kappa shape index (κ1) is 19.1. The minimum Gasteiger partial charge on any atom is -0.450 e. The Hall–Kier alpha value is -2.24. The molecule has 0 spiro atoms. The van der Waals surface area contributed by atoms with Crippen molar-refractivity contribution in [1.29, 1.82) is 0 Å². The average Bonchev–Trinajstić information content (AvgIpc) is 2.57. The molecule has 0 unspecified atom stereocenters. The van der Waals surface area contributed by atoms with E-state index in [2.05, 4.69) is 5.32 Å². The van der Waals surface area contributed by atoms with Gasteiger partial charge in [0.2, 0.25) is 0 Å². The molecule has 132 valence electrons. The van der Waals surface area contributed by atoms with Gasteiger partial charge in [-0.1, -0.05) is 29.3 Å². The molecular weight excluding hydrogens is 363 g/mol. The van der Waals surface area contributed by atoms with Crippen LogP contribution in [-0.4, -0.2) is 30.6 Å². The SMILES string of the molecule is CCOC(=O)Nc1ccc(C(=O)N(C)Cc2ccc(Cl)cc2Cl)cc1. The molecular formula is C18H18Cl2N2O3. The summed E-state index contributed by atoms with van der Waals surface area (Å²) in [4.78, 5) is 25.4. The predicted octanol–water partition coefficient (Wildman–Crippen LogP) is 4.83. The number of ether oxygens (including phenoxy) is 1. The molecule has 1 N–H and O–H groups in total. The zero-order valence-electron chi connectivity index (χ0n) is 13.9. The van der Waals surface area contributed by atoms with Crippen LogP contribution in [0.3, 0.4) is 0 Å². The number of carbonyl (C=O) groups is 2. The van der Waals surface area contributed by atoms with E-state index in [4.69, 9.17) is 27.9 Å². The van der Waals surface area contributed by atoms with Gasteiger partial charge in [-0.15, -0.1) is 0 Å². The van der Waals surface area contributed by atoms with Crippen molar-refractivity contribution in [3.05, 3.63) is 63.6 Å². The lowest BCUT2D eigenvalue weighted by Crippen LogP contribution is -2.26. The molecule has 0 saturated carbocycles. The fraction of sp³-hybridized carbons (Fsp3) is 0.222. The zero-order valence-corrected chi connectivity index (χ0v) is 15.4. The van der Waals surface area contributed by atoms with Gasteiger partial charge in [-0.3, -0.25) is 10.1 Å². The van der Waals surface area contributed by atoms with Crippen LogP contribution in [0.5, 0.6) is 0 Å². The highest BCUT2D eigenvalue weighted by Gasteiger charge is 2.14. The van der Waals surface area contributed by atoms with Crippen LogP contribution in [0.2, 0.25) is 10.0 Å². The minimum absolute atomic E-state index is 0.159. The van der Waals surface area contributed by atoms with Crippen molar-refractivity contribution in [1.82, 2.24) is 4.90 Å². The number of halogens is 2. The third-order valence-corrected chi connectivity index (χ3v) is 4.01. The first-order valence-electron chi connectivity index (χ1n) is 7.64. The van der Waals surface area contributed by atoms with Crippen molar-refractivity contribution < 1.29 is 14.3 Å². The maximum absolute atomic E-state index is 12.5. The summed E-state index contributed by atoms with van der Waals surface area (Å²) in [6, 6.07) is 11.7. The van der Waals surface area contributed by atoms with Crippen LogP contribution in [0.15, 0.2) is 42.5 Å². The molecule has 2 aromatic carbocycles. The summed E-state index contributed by atoms with van der Waals surface area (Å²) in [5.74, 6) is -0.159. The minimum atomic E-state index is -0.531. The second-order valence-corrected chi connectivity index (χ2v) is 6.16. The normalized spacial score (nSPS) is 10.2. The Morgan fingerprint density at radius 1 is 1.12 bits per heavy atom. The number of anilines is 1. The van der Waals surface area contributed by atoms with Crippen LogP contribution in [0, 0.1) is 0 Å². The van der Waals surface area contributed by atoms with Crippen molar-refractivity contribution in [2.75, 3.05) is 19.0 Å². The van der Waals surface area contributed by atoms with Crippen molar-refractivity contribution in [2.45, 2.75) is 13.5 Å². The predicted molar refractivity (Wildman–Crippen MR) is 99.3 cm³/mol. The number of amides is 2. The molecule has 7 heteroatoms. The number of rotatable bonds is 5. The Labute approximate surface area is 156 Å². The maximum atomic E-state index is 12.5. The van der Waals surface area contributed by atoms with Gasteiger partial charge in [0.05, 0.1) is 6.61 Å². The lowest BCUT2D eigenvalue weighted by molar-refractivity contribution is 0.0785. The van der Waals surface area contributed by atoms with Crippen LogP contribution in [-0.2, 0) is 11.3 Å².